The van der Waals surface area contributed by atoms with E-state index in [0.717, 1.165) is 31.6 Å². The van der Waals surface area contributed by atoms with Crippen LogP contribution in [0.15, 0.2) is 24.3 Å². The highest BCUT2D eigenvalue weighted by Gasteiger charge is 2.03. The molecular weight excluding hydrogens is 333 g/mol. The molecular formula is C18H31Cl2NO2. The maximum atomic E-state index is 10.6. The van der Waals surface area contributed by atoms with Gasteiger partial charge in [-0.2, -0.15) is 0 Å². The quantitative estimate of drug-likeness (QED) is 0.386. The third-order valence-electron chi connectivity index (χ3n) is 3.56. The van der Waals surface area contributed by atoms with Crippen LogP contribution in [0, 0.1) is 0 Å². The van der Waals surface area contributed by atoms with E-state index in [0.29, 0.717) is 5.56 Å². The smallest absolute Gasteiger partial charge is 0.150 e. The van der Waals surface area contributed by atoms with Gasteiger partial charge in [0.1, 0.15) is 12.0 Å². The number of hydrogen-bond acceptors (Lipinski definition) is 3. The molecule has 0 radical (unpaired) electrons. The van der Waals surface area contributed by atoms with E-state index in [1.165, 1.54) is 38.8 Å². The molecule has 0 aliphatic heterocycles. The average Bonchev–Trinajstić information content (AvgIpc) is 2.53. The predicted octanol–water partition coefficient (Wildman–Crippen LogP) is 5.01. The first kappa shape index (κ1) is 24.5. The van der Waals surface area contributed by atoms with Crippen molar-refractivity contribution < 1.29 is 9.53 Å². The summed E-state index contributed by atoms with van der Waals surface area (Å²) < 4.78 is 5.72. The van der Waals surface area contributed by atoms with Gasteiger partial charge in [0.2, 0.25) is 0 Å². The van der Waals surface area contributed by atoms with E-state index >= 15 is 0 Å². The third-order valence-corrected chi connectivity index (χ3v) is 3.56. The van der Waals surface area contributed by atoms with Crippen LogP contribution in [0.25, 0.3) is 0 Å². The number of ether oxygens (including phenoxy) is 1. The standard InChI is InChI=1S/C18H29NO2.2ClH/c1-3-5-12-19(13-6-4-2)14-7-15-21-18-10-8-17(16-20)9-11-18;;/h8-11,16H,3-7,12-15H2,1-2H3;2*1H. The zero-order chi connectivity index (χ0) is 15.3. The van der Waals surface area contributed by atoms with E-state index in [1.807, 2.05) is 12.1 Å². The van der Waals surface area contributed by atoms with Gasteiger partial charge < -0.3 is 9.64 Å². The summed E-state index contributed by atoms with van der Waals surface area (Å²) in [7, 11) is 0. The van der Waals surface area contributed by atoms with Gasteiger partial charge in [0.05, 0.1) is 6.61 Å². The summed E-state index contributed by atoms with van der Waals surface area (Å²) in [6.07, 6.45) is 6.95. The van der Waals surface area contributed by atoms with Crippen LogP contribution in [-0.4, -0.2) is 37.4 Å². The van der Waals surface area contributed by atoms with Crippen molar-refractivity contribution in [2.75, 3.05) is 26.2 Å². The highest BCUT2D eigenvalue weighted by molar-refractivity contribution is 5.85. The molecule has 1 aromatic carbocycles. The molecule has 0 N–H and O–H groups in total. The molecule has 5 heteroatoms. The normalized spacial score (nSPS) is 9.87. The second kappa shape index (κ2) is 16.1. The first-order valence-electron chi connectivity index (χ1n) is 8.20. The molecule has 0 bridgehead atoms. The van der Waals surface area contributed by atoms with Crippen LogP contribution < -0.4 is 4.74 Å². The lowest BCUT2D eigenvalue weighted by molar-refractivity contribution is 0.112. The lowest BCUT2D eigenvalue weighted by atomic mass is 10.2. The second-order valence-corrected chi connectivity index (χ2v) is 5.44. The lowest BCUT2D eigenvalue weighted by Gasteiger charge is -2.21. The number of rotatable bonds is 12. The zero-order valence-electron chi connectivity index (χ0n) is 14.3. The van der Waals surface area contributed by atoms with Crippen molar-refractivity contribution in [3.05, 3.63) is 29.8 Å². The largest absolute Gasteiger partial charge is 0.494 e. The van der Waals surface area contributed by atoms with Crippen molar-refractivity contribution in [2.24, 2.45) is 0 Å². The minimum absolute atomic E-state index is 0. The van der Waals surface area contributed by atoms with E-state index in [-0.39, 0.29) is 24.8 Å². The molecule has 0 aromatic heterocycles. The Morgan fingerprint density at radius 2 is 1.43 bits per heavy atom. The van der Waals surface area contributed by atoms with Gasteiger partial charge in [0.25, 0.3) is 0 Å². The molecule has 134 valence electrons. The number of carbonyl (C=O) groups excluding carboxylic acids is 1. The maximum Gasteiger partial charge on any atom is 0.150 e. The first-order chi connectivity index (χ1) is 10.3. The molecule has 0 aliphatic carbocycles. The SMILES string of the molecule is CCCCN(CCCC)CCCOc1ccc(C=O)cc1.Cl.Cl. The Labute approximate surface area is 153 Å². The summed E-state index contributed by atoms with van der Waals surface area (Å²) in [5.41, 5.74) is 0.688. The minimum atomic E-state index is 0. The van der Waals surface area contributed by atoms with Crippen LogP contribution in [0.1, 0.15) is 56.3 Å². The second-order valence-electron chi connectivity index (χ2n) is 5.44. The molecule has 0 aliphatic rings. The summed E-state index contributed by atoms with van der Waals surface area (Å²) in [4.78, 5) is 13.1. The number of nitrogens with zero attached hydrogens (tertiary/aromatic N) is 1. The Bertz CT molecular complexity index is 377. The fourth-order valence-electron chi connectivity index (χ4n) is 2.22. The lowest BCUT2D eigenvalue weighted by Crippen LogP contribution is -2.28. The molecule has 0 fully saturated rings. The topological polar surface area (TPSA) is 29.5 Å². The fourth-order valence-corrected chi connectivity index (χ4v) is 2.22. The maximum absolute atomic E-state index is 10.6. The minimum Gasteiger partial charge on any atom is -0.494 e. The van der Waals surface area contributed by atoms with E-state index in [1.54, 1.807) is 12.1 Å². The van der Waals surface area contributed by atoms with Gasteiger partial charge in [-0.3, -0.25) is 4.79 Å². The summed E-state index contributed by atoms with van der Waals surface area (Å²) >= 11 is 0. The van der Waals surface area contributed by atoms with Crippen LogP contribution in [-0.2, 0) is 0 Å². The summed E-state index contributed by atoms with van der Waals surface area (Å²) in [5, 5.41) is 0. The van der Waals surface area contributed by atoms with Gasteiger partial charge in [-0.25, -0.2) is 0 Å². The van der Waals surface area contributed by atoms with Crippen molar-refractivity contribution in [3.63, 3.8) is 0 Å². The molecule has 0 saturated heterocycles. The van der Waals surface area contributed by atoms with Gasteiger partial charge in [-0.15, -0.1) is 24.8 Å². The molecule has 0 heterocycles. The molecule has 0 amide bonds. The molecule has 3 nitrogen and oxygen atoms in total. The zero-order valence-corrected chi connectivity index (χ0v) is 16.0. The molecule has 0 unspecified atom stereocenters. The van der Waals surface area contributed by atoms with Crippen LogP contribution in [0.4, 0.5) is 0 Å². The molecule has 1 aromatic rings. The van der Waals surface area contributed by atoms with E-state index < -0.39 is 0 Å². The van der Waals surface area contributed by atoms with Crippen LogP contribution in [0.5, 0.6) is 5.75 Å². The molecule has 0 saturated carbocycles. The number of hydrogen-bond donors (Lipinski definition) is 0. The number of aldehydes is 1. The summed E-state index contributed by atoms with van der Waals surface area (Å²) in [5.74, 6) is 0.842. The number of benzene rings is 1. The van der Waals surface area contributed by atoms with Crippen LogP contribution >= 0.6 is 24.8 Å². The van der Waals surface area contributed by atoms with E-state index in [2.05, 4.69) is 18.7 Å². The Kier molecular flexibility index (Phi) is 17.1. The summed E-state index contributed by atoms with van der Waals surface area (Å²) in [6, 6.07) is 7.29. The Hall–Kier alpha value is -0.770. The highest BCUT2D eigenvalue weighted by Crippen LogP contribution is 2.11. The van der Waals surface area contributed by atoms with Crippen molar-refractivity contribution in [2.45, 2.75) is 46.0 Å². The highest BCUT2D eigenvalue weighted by atomic mass is 35.5. The monoisotopic (exact) mass is 363 g/mol. The van der Waals surface area contributed by atoms with Gasteiger partial charge >= 0.3 is 0 Å². The van der Waals surface area contributed by atoms with Gasteiger partial charge in [0, 0.05) is 12.1 Å². The number of unbranched alkanes of at least 4 members (excludes halogenated alkanes) is 2. The molecule has 0 spiro atoms. The number of halogens is 2. The van der Waals surface area contributed by atoms with Gasteiger partial charge in [0.15, 0.2) is 0 Å². The predicted molar refractivity (Wildman–Crippen MR) is 103 cm³/mol. The molecule has 23 heavy (non-hydrogen) atoms. The van der Waals surface area contributed by atoms with Crippen molar-refractivity contribution in [3.8, 4) is 5.75 Å². The van der Waals surface area contributed by atoms with Crippen molar-refractivity contribution in [1.29, 1.82) is 0 Å². The van der Waals surface area contributed by atoms with E-state index in [4.69, 9.17) is 4.74 Å². The first-order valence-corrected chi connectivity index (χ1v) is 8.20. The average molecular weight is 364 g/mol. The van der Waals surface area contributed by atoms with Crippen molar-refractivity contribution >= 4 is 31.1 Å². The molecule has 1 rings (SSSR count). The Balaban J connectivity index is 0. The third kappa shape index (κ3) is 11.4. The fraction of sp³-hybridized carbons (Fsp3) is 0.611. The van der Waals surface area contributed by atoms with Crippen LogP contribution in [0.3, 0.4) is 0 Å². The Morgan fingerprint density at radius 1 is 0.913 bits per heavy atom. The molecule has 0 atom stereocenters. The number of carbonyl (C=O) groups is 1. The van der Waals surface area contributed by atoms with Crippen LogP contribution in [0.2, 0.25) is 0 Å². The van der Waals surface area contributed by atoms with E-state index in [9.17, 15) is 4.79 Å². The Morgan fingerprint density at radius 3 is 1.91 bits per heavy atom. The summed E-state index contributed by atoms with van der Waals surface area (Å²) in [6.45, 7) is 8.71. The van der Waals surface area contributed by atoms with Gasteiger partial charge in [-0.05, 0) is 56.6 Å². The van der Waals surface area contributed by atoms with Crippen molar-refractivity contribution in [1.82, 2.24) is 4.90 Å². The van der Waals surface area contributed by atoms with Gasteiger partial charge in [-0.1, -0.05) is 26.7 Å².